The Morgan fingerprint density at radius 1 is 1.06 bits per heavy atom. The lowest BCUT2D eigenvalue weighted by molar-refractivity contribution is -0.128. The number of amides is 2. The molecule has 0 bridgehead atoms. The van der Waals surface area contributed by atoms with Crippen LogP contribution in [0.5, 0.6) is 5.75 Å². The van der Waals surface area contributed by atoms with Crippen molar-refractivity contribution >= 4 is 40.1 Å². The zero-order valence-corrected chi connectivity index (χ0v) is 19.7. The van der Waals surface area contributed by atoms with Crippen LogP contribution in [0.1, 0.15) is 12.0 Å². The van der Waals surface area contributed by atoms with Gasteiger partial charge in [-0.2, -0.15) is 0 Å². The first-order chi connectivity index (χ1) is 16.9. The van der Waals surface area contributed by atoms with E-state index in [1.54, 1.807) is 49.6 Å². The van der Waals surface area contributed by atoms with Crippen molar-refractivity contribution in [1.29, 1.82) is 0 Å². The van der Waals surface area contributed by atoms with Gasteiger partial charge in [-0.1, -0.05) is 30.0 Å². The lowest BCUT2D eigenvalue weighted by Crippen LogP contribution is -2.35. The van der Waals surface area contributed by atoms with Crippen LogP contribution in [0.3, 0.4) is 0 Å². The van der Waals surface area contributed by atoms with E-state index in [2.05, 4.69) is 10.3 Å². The summed E-state index contributed by atoms with van der Waals surface area (Å²) in [7, 11) is 1.56. The Hall–Kier alpha value is -3.72. The summed E-state index contributed by atoms with van der Waals surface area (Å²) in [6.07, 6.45) is 0.223. The summed E-state index contributed by atoms with van der Waals surface area (Å²) in [6.45, 7) is 0.198. The Morgan fingerprint density at radius 2 is 1.77 bits per heavy atom. The average molecular weight is 496 g/mol. The minimum atomic E-state index is -0.687. The van der Waals surface area contributed by atoms with Crippen LogP contribution in [0.15, 0.2) is 77.8 Å². The van der Waals surface area contributed by atoms with E-state index in [1.807, 2.05) is 0 Å². The molecule has 0 spiro atoms. The van der Waals surface area contributed by atoms with Gasteiger partial charge in [0.05, 0.1) is 12.8 Å². The maximum atomic E-state index is 14.1. The molecule has 9 heteroatoms. The Bertz CT molecular complexity index is 1230. The maximum absolute atomic E-state index is 14.1. The minimum absolute atomic E-state index is 0.0613. The molecule has 2 amide bonds. The Labute approximate surface area is 206 Å². The molecule has 3 aromatic rings. The number of nitrogens with one attached hydrogen (secondary N) is 1. The van der Waals surface area contributed by atoms with Crippen LogP contribution in [0.4, 0.5) is 20.2 Å². The van der Waals surface area contributed by atoms with Gasteiger partial charge in [0.25, 0.3) is 0 Å². The number of carbonyl (C=O) groups is 2. The molecule has 35 heavy (non-hydrogen) atoms. The molecule has 1 saturated heterocycles. The Balaban J connectivity index is 1.49. The third-order valence-corrected chi connectivity index (χ3v) is 6.55. The van der Waals surface area contributed by atoms with Crippen molar-refractivity contribution in [2.75, 3.05) is 19.0 Å². The summed E-state index contributed by atoms with van der Waals surface area (Å²) in [5, 5.41) is 2.48. The van der Waals surface area contributed by atoms with Crippen molar-refractivity contribution in [3.05, 3.63) is 90.0 Å². The van der Waals surface area contributed by atoms with Gasteiger partial charge in [-0.3, -0.25) is 14.5 Å². The first kappa shape index (κ1) is 24.4. The van der Waals surface area contributed by atoms with E-state index in [4.69, 9.17) is 4.74 Å². The lowest BCUT2D eigenvalue weighted by Gasteiger charge is -2.17. The highest BCUT2D eigenvalue weighted by molar-refractivity contribution is 8.15. The number of thioether (sulfide) groups is 1. The third-order valence-electron chi connectivity index (χ3n) is 5.38. The number of benzene rings is 3. The molecule has 0 aliphatic carbocycles. The van der Waals surface area contributed by atoms with E-state index >= 15 is 0 Å². The predicted octanol–water partition coefficient (Wildman–Crippen LogP) is 5.18. The Morgan fingerprint density at radius 3 is 2.46 bits per heavy atom. The average Bonchev–Trinajstić information content (AvgIpc) is 3.14. The van der Waals surface area contributed by atoms with Gasteiger partial charge in [0.2, 0.25) is 11.8 Å². The van der Waals surface area contributed by atoms with E-state index in [9.17, 15) is 18.4 Å². The second-order valence-corrected chi connectivity index (χ2v) is 8.96. The highest BCUT2D eigenvalue weighted by Crippen LogP contribution is 2.32. The van der Waals surface area contributed by atoms with E-state index in [0.29, 0.717) is 27.9 Å². The number of rotatable bonds is 8. The summed E-state index contributed by atoms with van der Waals surface area (Å²) >= 11 is 1.17. The zero-order chi connectivity index (χ0) is 24.8. The molecule has 4 rings (SSSR count). The van der Waals surface area contributed by atoms with Crippen LogP contribution in [0.25, 0.3) is 0 Å². The van der Waals surface area contributed by atoms with Gasteiger partial charge in [-0.15, -0.1) is 0 Å². The predicted molar refractivity (Wildman–Crippen MR) is 133 cm³/mol. The molecule has 180 valence electrons. The fraction of sp³-hybridized carbons (Fsp3) is 0.192. The molecule has 1 aliphatic heterocycles. The summed E-state index contributed by atoms with van der Waals surface area (Å²) in [4.78, 5) is 31.8. The summed E-state index contributed by atoms with van der Waals surface area (Å²) in [6, 6.07) is 18.8. The van der Waals surface area contributed by atoms with Crippen LogP contribution >= 0.6 is 11.8 Å². The highest BCUT2D eigenvalue weighted by Gasteiger charge is 2.39. The largest absolute Gasteiger partial charge is 0.497 e. The van der Waals surface area contributed by atoms with Gasteiger partial charge in [0.15, 0.2) is 5.17 Å². The van der Waals surface area contributed by atoms with Crippen molar-refractivity contribution < 1.29 is 23.1 Å². The van der Waals surface area contributed by atoms with Gasteiger partial charge in [-0.25, -0.2) is 13.8 Å². The first-order valence-corrected chi connectivity index (χ1v) is 11.8. The van der Waals surface area contributed by atoms with Crippen molar-refractivity contribution in [2.24, 2.45) is 4.99 Å². The fourth-order valence-corrected chi connectivity index (χ4v) is 4.73. The molecule has 1 N–H and O–H groups in total. The van der Waals surface area contributed by atoms with Crippen molar-refractivity contribution in [3.63, 3.8) is 0 Å². The van der Waals surface area contributed by atoms with E-state index in [1.165, 1.54) is 47.0 Å². The second-order valence-electron chi connectivity index (χ2n) is 7.79. The number of hydrogen-bond donors (Lipinski definition) is 1. The molecule has 1 atom stereocenters. The van der Waals surface area contributed by atoms with Gasteiger partial charge in [-0.05, 0) is 66.6 Å². The topological polar surface area (TPSA) is 71.0 Å². The van der Waals surface area contributed by atoms with Crippen LogP contribution in [0, 0.1) is 11.6 Å². The van der Waals surface area contributed by atoms with Crippen LogP contribution < -0.4 is 10.1 Å². The molecule has 1 unspecified atom stereocenters. The normalized spacial score (nSPS) is 16.5. The molecule has 1 fully saturated rings. The molecule has 3 aromatic carbocycles. The van der Waals surface area contributed by atoms with Crippen molar-refractivity contribution in [2.45, 2.75) is 18.1 Å². The SMILES string of the molecule is COc1ccc(NC(=O)CC2SC(=Nc3ccc(F)cc3)N(CCc3ccccc3F)C2=O)cc1. The van der Waals surface area contributed by atoms with Gasteiger partial charge in [0.1, 0.15) is 22.6 Å². The smallest absolute Gasteiger partial charge is 0.242 e. The van der Waals surface area contributed by atoms with E-state index in [-0.39, 0.29) is 37.0 Å². The van der Waals surface area contributed by atoms with Gasteiger partial charge >= 0.3 is 0 Å². The molecule has 1 heterocycles. The van der Waals surface area contributed by atoms with Crippen LogP contribution in [-0.4, -0.2) is 40.8 Å². The highest BCUT2D eigenvalue weighted by atomic mass is 32.2. The number of aliphatic imine (C=N–C) groups is 1. The second kappa shape index (κ2) is 11.1. The Kier molecular flexibility index (Phi) is 7.77. The van der Waals surface area contributed by atoms with E-state index < -0.39 is 11.1 Å². The quantitative estimate of drug-likeness (QED) is 0.468. The number of halogens is 2. The standard InChI is InChI=1S/C26H23F2N3O3S/c1-34-21-12-10-19(11-13-21)29-24(32)16-23-25(33)31(15-14-17-4-2-3-5-22(17)28)26(35-23)30-20-8-6-18(27)7-9-20/h2-13,23H,14-16H2,1H3,(H,29,32). The summed E-state index contributed by atoms with van der Waals surface area (Å²) in [5.74, 6) is -0.681. The van der Waals surface area contributed by atoms with Crippen LogP contribution in [-0.2, 0) is 16.0 Å². The number of nitrogens with zero attached hydrogens (tertiary/aromatic N) is 2. The molecular weight excluding hydrogens is 472 g/mol. The molecule has 0 radical (unpaired) electrons. The summed E-state index contributed by atoms with van der Waals surface area (Å²) < 4.78 is 32.5. The number of amidine groups is 1. The van der Waals surface area contributed by atoms with Crippen molar-refractivity contribution in [1.82, 2.24) is 4.90 Å². The first-order valence-electron chi connectivity index (χ1n) is 10.9. The number of anilines is 1. The van der Waals surface area contributed by atoms with Crippen LogP contribution in [0.2, 0.25) is 0 Å². The van der Waals surface area contributed by atoms with Gasteiger partial charge < -0.3 is 10.1 Å². The molecule has 1 aliphatic rings. The number of hydrogen-bond acceptors (Lipinski definition) is 5. The molecule has 6 nitrogen and oxygen atoms in total. The molecule has 0 saturated carbocycles. The maximum Gasteiger partial charge on any atom is 0.242 e. The monoisotopic (exact) mass is 495 g/mol. The lowest BCUT2D eigenvalue weighted by atomic mass is 10.1. The fourth-order valence-electron chi connectivity index (χ4n) is 3.55. The number of carbonyl (C=O) groups excluding carboxylic acids is 2. The molecule has 0 aromatic heterocycles. The number of methoxy groups -OCH3 is 1. The summed E-state index contributed by atoms with van der Waals surface area (Å²) in [5.41, 5.74) is 1.54. The molecular formula is C26H23F2N3O3S. The van der Waals surface area contributed by atoms with Crippen molar-refractivity contribution in [3.8, 4) is 5.75 Å². The third kappa shape index (κ3) is 6.24. The minimum Gasteiger partial charge on any atom is -0.497 e. The zero-order valence-electron chi connectivity index (χ0n) is 18.9. The number of ether oxygens (including phenoxy) is 1. The van der Waals surface area contributed by atoms with E-state index in [0.717, 1.165) is 0 Å². The van der Waals surface area contributed by atoms with Gasteiger partial charge in [0, 0.05) is 18.7 Å².